The summed E-state index contributed by atoms with van der Waals surface area (Å²) in [6.07, 6.45) is 0.835. The van der Waals surface area contributed by atoms with E-state index in [4.69, 9.17) is 11.6 Å². The lowest BCUT2D eigenvalue weighted by Gasteiger charge is -1.99. The second kappa shape index (κ2) is 3.84. The molecule has 0 aliphatic heterocycles. The van der Waals surface area contributed by atoms with Crippen LogP contribution in [0.2, 0.25) is 5.15 Å². The monoisotopic (exact) mass is 206 g/mol. The lowest BCUT2D eigenvalue weighted by molar-refractivity contribution is 1.04. The molecule has 0 saturated heterocycles. The molecule has 1 heterocycles. The molecule has 0 unspecified atom stereocenters. The topological polar surface area (TPSA) is 28.7 Å². The Bertz CT molecular complexity index is 401. The highest BCUT2D eigenvalue weighted by molar-refractivity contribution is 6.30. The highest BCUT2D eigenvalue weighted by atomic mass is 35.5. The molecule has 0 amide bonds. The van der Waals surface area contributed by atoms with Crippen LogP contribution in [0.5, 0.6) is 0 Å². The van der Waals surface area contributed by atoms with Gasteiger partial charge in [0, 0.05) is 17.7 Å². The maximum atomic E-state index is 5.95. The van der Waals surface area contributed by atoms with Crippen molar-refractivity contribution in [3.63, 3.8) is 0 Å². The summed E-state index contributed by atoms with van der Waals surface area (Å²) in [5.74, 6) is 0. The van der Waals surface area contributed by atoms with Crippen LogP contribution in [0.4, 0.5) is 0 Å². The fraction of sp³-hybridized carbons (Fsp3) is 0.182. The molecule has 1 N–H and O–H groups in total. The molecular weight excluding hydrogens is 196 g/mol. The summed E-state index contributed by atoms with van der Waals surface area (Å²) in [5, 5.41) is 7.40. The van der Waals surface area contributed by atoms with Gasteiger partial charge in [-0.15, -0.1) is 0 Å². The molecule has 2 rings (SSSR count). The average molecular weight is 207 g/mol. The number of H-pyrrole nitrogens is 1. The zero-order valence-electron chi connectivity index (χ0n) is 7.92. The van der Waals surface area contributed by atoms with Crippen molar-refractivity contribution in [2.24, 2.45) is 0 Å². The Hall–Kier alpha value is -1.28. The first-order chi connectivity index (χ1) is 6.77. The molecule has 0 bridgehead atoms. The summed E-state index contributed by atoms with van der Waals surface area (Å²) in [5.41, 5.74) is 3.37. The normalized spacial score (nSPS) is 10.4. The van der Waals surface area contributed by atoms with Gasteiger partial charge in [0.1, 0.15) is 0 Å². The number of rotatable bonds is 2. The lowest BCUT2D eigenvalue weighted by atomic mass is 10.1. The maximum absolute atomic E-state index is 5.95. The summed E-state index contributed by atoms with van der Waals surface area (Å²) in [6, 6.07) is 10.2. The molecule has 0 aliphatic rings. The quantitative estimate of drug-likeness (QED) is 0.804. The van der Waals surface area contributed by atoms with Crippen LogP contribution in [0.25, 0.3) is 0 Å². The van der Waals surface area contributed by atoms with Crippen molar-refractivity contribution < 1.29 is 0 Å². The molecule has 1 aromatic heterocycles. The Morgan fingerprint density at radius 3 is 2.57 bits per heavy atom. The average Bonchev–Trinajstić information content (AvgIpc) is 2.51. The van der Waals surface area contributed by atoms with Crippen molar-refractivity contribution in [1.29, 1.82) is 0 Å². The first kappa shape index (κ1) is 9.28. The zero-order chi connectivity index (χ0) is 9.97. The number of nitrogens with zero attached hydrogens (tertiary/aromatic N) is 1. The Labute approximate surface area is 87.9 Å². The SMILES string of the molecule is Cc1[nH]nc(Cl)c1Cc1ccccc1. The van der Waals surface area contributed by atoms with Gasteiger partial charge in [0.05, 0.1) is 0 Å². The van der Waals surface area contributed by atoms with Crippen molar-refractivity contribution in [3.05, 3.63) is 52.3 Å². The smallest absolute Gasteiger partial charge is 0.154 e. The first-order valence-electron chi connectivity index (χ1n) is 4.50. The van der Waals surface area contributed by atoms with E-state index in [1.54, 1.807) is 0 Å². The Kier molecular flexibility index (Phi) is 2.55. The van der Waals surface area contributed by atoms with E-state index in [0.29, 0.717) is 5.15 Å². The van der Waals surface area contributed by atoms with Gasteiger partial charge in [0.2, 0.25) is 0 Å². The zero-order valence-corrected chi connectivity index (χ0v) is 8.67. The molecule has 3 heteroatoms. The molecule has 0 aliphatic carbocycles. The van der Waals surface area contributed by atoms with Crippen LogP contribution < -0.4 is 0 Å². The van der Waals surface area contributed by atoms with Crippen LogP contribution >= 0.6 is 11.6 Å². The number of nitrogens with one attached hydrogen (secondary N) is 1. The van der Waals surface area contributed by atoms with E-state index in [0.717, 1.165) is 17.7 Å². The van der Waals surface area contributed by atoms with Gasteiger partial charge in [-0.25, -0.2) is 0 Å². The van der Waals surface area contributed by atoms with Crippen molar-refractivity contribution in [2.75, 3.05) is 0 Å². The number of benzene rings is 1. The molecule has 72 valence electrons. The van der Waals surface area contributed by atoms with E-state index < -0.39 is 0 Å². The summed E-state index contributed by atoms with van der Waals surface area (Å²) in [4.78, 5) is 0. The van der Waals surface area contributed by atoms with Gasteiger partial charge < -0.3 is 0 Å². The number of hydrogen-bond donors (Lipinski definition) is 1. The minimum Gasteiger partial charge on any atom is -0.281 e. The van der Waals surface area contributed by atoms with Gasteiger partial charge in [0.15, 0.2) is 5.15 Å². The predicted molar refractivity (Wildman–Crippen MR) is 57.6 cm³/mol. The number of halogens is 1. The number of aromatic nitrogens is 2. The van der Waals surface area contributed by atoms with Gasteiger partial charge in [-0.3, -0.25) is 5.10 Å². The number of hydrogen-bond acceptors (Lipinski definition) is 1. The van der Waals surface area contributed by atoms with Crippen LogP contribution in [-0.2, 0) is 6.42 Å². The predicted octanol–water partition coefficient (Wildman–Crippen LogP) is 2.96. The molecule has 0 fully saturated rings. The lowest BCUT2D eigenvalue weighted by Crippen LogP contribution is -1.88. The Morgan fingerprint density at radius 1 is 1.29 bits per heavy atom. The molecule has 0 radical (unpaired) electrons. The highest BCUT2D eigenvalue weighted by Crippen LogP contribution is 2.19. The van der Waals surface area contributed by atoms with Gasteiger partial charge in [-0.05, 0) is 12.5 Å². The van der Waals surface area contributed by atoms with Crippen molar-refractivity contribution in [3.8, 4) is 0 Å². The van der Waals surface area contributed by atoms with Crippen molar-refractivity contribution >= 4 is 11.6 Å². The summed E-state index contributed by atoms with van der Waals surface area (Å²) in [7, 11) is 0. The van der Waals surface area contributed by atoms with Gasteiger partial charge in [-0.2, -0.15) is 5.10 Å². The van der Waals surface area contributed by atoms with Crippen LogP contribution in [0.1, 0.15) is 16.8 Å². The second-order valence-corrected chi connectivity index (χ2v) is 3.64. The summed E-state index contributed by atoms with van der Waals surface area (Å²) in [6.45, 7) is 1.98. The molecule has 0 saturated carbocycles. The third-order valence-electron chi connectivity index (χ3n) is 2.25. The molecule has 0 atom stereocenters. The van der Waals surface area contributed by atoms with Crippen LogP contribution in [0, 0.1) is 6.92 Å². The van der Waals surface area contributed by atoms with E-state index in [2.05, 4.69) is 22.3 Å². The van der Waals surface area contributed by atoms with E-state index in [9.17, 15) is 0 Å². The fourth-order valence-corrected chi connectivity index (χ4v) is 1.68. The van der Waals surface area contributed by atoms with Gasteiger partial charge >= 0.3 is 0 Å². The van der Waals surface area contributed by atoms with Crippen LogP contribution in [-0.4, -0.2) is 10.2 Å². The van der Waals surface area contributed by atoms with E-state index >= 15 is 0 Å². The van der Waals surface area contributed by atoms with E-state index in [1.165, 1.54) is 5.56 Å². The van der Waals surface area contributed by atoms with E-state index in [-0.39, 0.29) is 0 Å². The molecule has 0 spiro atoms. The van der Waals surface area contributed by atoms with Gasteiger partial charge in [-0.1, -0.05) is 41.9 Å². The van der Waals surface area contributed by atoms with Crippen molar-refractivity contribution in [1.82, 2.24) is 10.2 Å². The van der Waals surface area contributed by atoms with Crippen molar-refractivity contribution in [2.45, 2.75) is 13.3 Å². The number of aromatic amines is 1. The third kappa shape index (κ3) is 1.80. The molecule has 1 aromatic carbocycles. The standard InChI is InChI=1S/C11H11ClN2/c1-8-10(11(12)14-13-8)7-9-5-3-2-4-6-9/h2-6H,7H2,1H3,(H,13,14). The summed E-state index contributed by atoms with van der Waals surface area (Å²) < 4.78 is 0. The molecular formula is C11H11ClN2. The first-order valence-corrected chi connectivity index (χ1v) is 4.88. The van der Waals surface area contributed by atoms with Crippen LogP contribution in [0.3, 0.4) is 0 Å². The minimum absolute atomic E-state index is 0.575. The Morgan fingerprint density at radius 2 is 2.00 bits per heavy atom. The summed E-state index contributed by atoms with van der Waals surface area (Å²) >= 11 is 5.95. The van der Waals surface area contributed by atoms with Crippen LogP contribution in [0.15, 0.2) is 30.3 Å². The minimum atomic E-state index is 0.575. The molecule has 14 heavy (non-hydrogen) atoms. The largest absolute Gasteiger partial charge is 0.281 e. The molecule has 2 nitrogen and oxygen atoms in total. The maximum Gasteiger partial charge on any atom is 0.154 e. The third-order valence-corrected chi connectivity index (χ3v) is 2.56. The highest BCUT2D eigenvalue weighted by Gasteiger charge is 2.07. The fourth-order valence-electron chi connectivity index (χ4n) is 1.43. The number of aryl methyl sites for hydroxylation is 1. The van der Waals surface area contributed by atoms with Gasteiger partial charge in [0.25, 0.3) is 0 Å². The molecule has 2 aromatic rings. The Balaban J connectivity index is 2.27. The second-order valence-electron chi connectivity index (χ2n) is 3.28. The van der Waals surface area contributed by atoms with E-state index in [1.807, 2.05) is 25.1 Å².